The molecule has 6 heteroatoms. The van der Waals surface area contributed by atoms with Crippen molar-refractivity contribution in [1.82, 2.24) is 10.6 Å². The molecule has 0 radical (unpaired) electrons. The highest BCUT2D eigenvalue weighted by Gasteiger charge is 2.13. The summed E-state index contributed by atoms with van der Waals surface area (Å²) in [6, 6.07) is 10.7. The molecule has 1 atom stereocenters. The molecule has 2 aromatic carbocycles. The fraction of sp³-hybridized carbons (Fsp3) is 0.188. The van der Waals surface area contributed by atoms with Crippen molar-refractivity contribution in [1.29, 1.82) is 0 Å². The van der Waals surface area contributed by atoms with Crippen molar-refractivity contribution < 1.29 is 9.18 Å². The van der Waals surface area contributed by atoms with E-state index in [2.05, 4.69) is 10.6 Å². The van der Waals surface area contributed by atoms with Gasteiger partial charge in [-0.1, -0.05) is 47.5 Å². The monoisotopic (exact) mass is 340 g/mol. The first kappa shape index (κ1) is 16.6. The van der Waals surface area contributed by atoms with Gasteiger partial charge in [0.15, 0.2) is 0 Å². The van der Waals surface area contributed by atoms with E-state index in [1.54, 1.807) is 43.3 Å². The van der Waals surface area contributed by atoms with Crippen LogP contribution in [-0.2, 0) is 6.54 Å². The molecule has 0 saturated carbocycles. The predicted molar refractivity (Wildman–Crippen MR) is 86.6 cm³/mol. The Morgan fingerprint density at radius 2 is 1.95 bits per heavy atom. The molecule has 0 aliphatic heterocycles. The van der Waals surface area contributed by atoms with E-state index in [0.717, 1.165) is 5.56 Å². The number of amides is 2. The van der Waals surface area contributed by atoms with Crippen molar-refractivity contribution >= 4 is 29.2 Å². The maximum absolute atomic E-state index is 13.5. The summed E-state index contributed by atoms with van der Waals surface area (Å²) in [5, 5.41) is 6.37. The molecule has 2 N–H and O–H groups in total. The summed E-state index contributed by atoms with van der Waals surface area (Å²) < 4.78 is 13.5. The lowest BCUT2D eigenvalue weighted by Crippen LogP contribution is -2.36. The average Bonchev–Trinajstić information content (AvgIpc) is 2.46. The fourth-order valence-corrected chi connectivity index (χ4v) is 2.57. The minimum absolute atomic E-state index is 0.111. The number of halogens is 3. The van der Waals surface area contributed by atoms with Crippen LogP contribution in [0.25, 0.3) is 0 Å². The maximum atomic E-state index is 13.5. The van der Waals surface area contributed by atoms with Gasteiger partial charge in [0.1, 0.15) is 5.82 Å². The van der Waals surface area contributed by atoms with Crippen molar-refractivity contribution in [2.75, 3.05) is 0 Å². The lowest BCUT2D eigenvalue weighted by Gasteiger charge is -2.16. The Bertz CT molecular complexity index is 679. The smallest absolute Gasteiger partial charge is 0.315 e. The van der Waals surface area contributed by atoms with Crippen LogP contribution >= 0.6 is 23.2 Å². The van der Waals surface area contributed by atoms with Crippen LogP contribution in [0.2, 0.25) is 10.0 Å². The van der Waals surface area contributed by atoms with E-state index in [1.165, 1.54) is 6.07 Å². The minimum Gasteiger partial charge on any atom is -0.334 e. The van der Waals surface area contributed by atoms with Crippen LogP contribution in [0.15, 0.2) is 42.5 Å². The number of rotatable bonds is 4. The molecule has 2 rings (SSSR count). The number of hydrogen-bond acceptors (Lipinski definition) is 1. The van der Waals surface area contributed by atoms with E-state index in [4.69, 9.17) is 23.2 Å². The Labute approximate surface area is 138 Å². The van der Waals surface area contributed by atoms with E-state index >= 15 is 0 Å². The molecule has 2 aromatic rings. The summed E-state index contributed by atoms with van der Waals surface area (Å²) >= 11 is 11.9. The van der Waals surface area contributed by atoms with Gasteiger partial charge in [0.25, 0.3) is 0 Å². The van der Waals surface area contributed by atoms with Crippen LogP contribution in [0.1, 0.15) is 24.1 Å². The molecule has 0 aliphatic carbocycles. The second kappa shape index (κ2) is 7.47. The Morgan fingerprint density at radius 3 is 2.64 bits per heavy atom. The van der Waals surface area contributed by atoms with Crippen LogP contribution in [0, 0.1) is 5.82 Å². The van der Waals surface area contributed by atoms with Gasteiger partial charge in [-0.2, -0.15) is 0 Å². The molecule has 116 valence electrons. The van der Waals surface area contributed by atoms with Crippen molar-refractivity contribution in [3.63, 3.8) is 0 Å². The van der Waals surface area contributed by atoms with Gasteiger partial charge >= 0.3 is 6.03 Å². The number of carbonyl (C=O) groups excluding carboxylic acids is 1. The van der Waals surface area contributed by atoms with E-state index in [9.17, 15) is 9.18 Å². The van der Waals surface area contributed by atoms with E-state index < -0.39 is 6.03 Å². The topological polar surface area (TPSA) is 41.1 Å². The third kappa shape index (κ3) is 4.36. The van der Waals surface area contributed by atoms with Gasteiger partial charge < -0.3 is 10.6 Å². The van der Waals surface area contributed by atoms with Gasteiger partial charge in [0, 0.05) is 22.2 Å². The van der Waals surface area contributed by atoms with Crippen molar-refractivity contribution in [2.45, 2.75) is 19.5 Å². The van der Waals surface area contributed by atoms with Gasteiger partial charge in [-0.05, 0) is 30.7 Å². The third-order valence-corrected chi connectivity index (χ3v) is 3.74. The number of urea groups is 1. The van der Waals surface area contributed by atoms with Gasteiger partial charge in [-0.15, -0.1) is 0 Å². The van der Waals surface area contributed by atoms with Gasteiger partial charge in [0.2, 0.25) is 0 Å². The lowest BCUT2D eigenvalue weighted by atomic mass is 10.1. The highest BCUT2D eigenvalue weighted by molar-refractivity contribution is 6.35. The molecule has 0 spiro atoms. The van der Waals surface area contributed by atoms with Gasteiger partial charge in [0.05, 0.1) is 6.04 Å². The van der Waals surface area contributed by atoms with Crippen LogP contribution in [0.5, 0.6) is 0 Å². The molecule has 0 heterocycles. The molecule has 3 nitrogen and oxygen atoms in total. The van der Waals surface area contributed by atoms with Gasteiger partial charge in [-0.3, -0.25) is 0 Å². The highest BCUT2D eigenvalue weighted by atomic mass is 35.5. The Kier molecular flexibility index (Phi) is 5.63. The van der Waals surface area contributed by atoms with Crippen molar-refractivity contribution in [3.05, 3.63) is 69.5 Å². The minimum atomic E-state index is -0.401. The van der Waals surface area contributed by atoms with Crippen LogP contribution in [0.4, 0.5) is 9.18 Å². The molecule has 1 unspecified atom stereocenters. The average molecular weight is 341 g/mol. The molecule has 0 aromatic heterocycles. The second-order valence-electron chi connectivity index (χ2n) is 4.81. The summed E-state index contributed by atoms with van der Waals surface area (Å²) in [6.45, 7) is 1.91. The molecular formula is C16H15Cl2FN2O. The zero-order chi connectivity index (χ0) is 16.1. The molecule has 0 bridgehead atoms. The number of carbonyl (C=O) groups is 1. The standard InChI is InChI=1S/C16H15Cl2FN2O/c1-10(13-7-6-12(17)8-14(13)18)21-16(22)20-9-11-4-2-3-5-15(11)19/h2-8,10H,9H2,1H3,(H2,20,21,22). The summed E-state index contributed by atoms with van der Waals surface area (Å²) in [7, 11) is 0. The summed E-state index contributed by atoms with van der Waals surface area (Å²) in [5.74, 6) is -0.350. The Balaban J connectivity index is 1.93. The molecule has 22 heavy (non-hydrogen) atoms. The summed E-state index contributed by atoms with van der Waals surface area (Å²) in [5.41, 5.74) is 1.18. The normalized spacial score (nSPS) is 11.8. The second-order valence-corrected chi connectivity index (χ2v) is 5.65. The Morgan fingerprint density at radius 1 is 1.23 bits per heavy atom. The number of benzene rings is 2. The summed E-state index contributed by atoms with van der Waals surface area (Å²) in [4.78, 5) is 11.9. The summed E-state index contributed by atoms with van der Waals surface area (Å²) in [6.07, 6.45) is 0. The number of nitrogens with one attached hydrogen (secondary N) is 2. The van der Waals surface area contributed by atoms with E-state index in [-0.39, 0.29) is 18.4 Å². The van der Waals surface area contributed by atoms with Crippen LogP contribution in [-0.4, -0.2) is 6.03 Å². The quantitative estimate of drug-likeness (QED) is 0.832. The fourth-order valence-electron chi connectivity index (χ4n) is 2.00. The lowest BCUT2D eigenvalue weighted by molar-refractivity contribution is 0.237. The van der Waals surface area contributed by atoms with E-state index in [0.29, 0.717) is 15.6 Å². The van der Waals surface area contributed by atoms with Crippen molar-refractivity contribution in [2.24, 2.45) is 0 Å². The molecule has 2 amide bonds. The predicted octanol–water partition coefficient (Wildman–Crippen LogP) is 4.69. The first-order valence-electron chi connectivity index (χ1n) is 6.70. The maximum Gasteiger partial charge on any atom is 0.315 e. The molecule has 0 saturated heterocycles. The van der Waals surface area contributed by atoms with E-state index in [1.807, 2.05) is 0 Å². The van der Waals surface area contributed by atoms with Crippen LogP contribution < -0.4 is 10.6 Å². The third-order valence-electron chi connectivity index (χ3n) is 3.17. The highest BCUT2D eigenvalue weighted by Crippen LogP contribution is 2.25. The molecule has 0 fully saturated rings. The Hall–Kier alpha value is -1.78. The SMILES string of the molecule is CC(NC(=O)NCc1ccccc1F)c1ccc(Cl)cc1Cl. The zero-order valence-electron chi connectivity index (χ0n) is 11.9. The van der Waals surface area contributed by atoms with Crippen molar-refractivity contribution in [3.8, 4) is 0 Å². The first-order valence-corrected chi connectivity index (χ1v) is 7.45. The first-order chi connectivity index (χ1) is 10.5. The molecule has 0 aliphatic rings. The number of hydrogen-bond donors (Lipinski definition) is 2. The van der Waals surface area contributed by atoms with Crippen LogP contribution in [0.3, 0.4) is 0 Å². The largest absolute Gasteiger partial charge is 0.334 e. The zero-order valence-corrected chi connectivity index (χ0v) is 13.4. The molecular weight excluding hydrogens is 326 g/mol. The van der Waals surface area contributed by atoms with Gasteiger partial charge in [-0.25, -0.2) is 9.18 Å².